The number of esters is 1. The molecular formula is C52H47Cl2N5O9S. The Hall–Kier alpha value is -7.12. The summed E-state index contributed by atoms with van der Waals surface area (Å²) in [5, 5.41) is 15.8. The maximum atomic E-state index is 14.7. The normalized spacial score (nSPS) is 15.5. The molecule has 1 unspecified atom stereocenters. The van der Waals surface area contributed by atoms with Gasteiger partial charge in [-0.2, -0.15) is 5.26 Å². The number of thiazole rings is 1. The third-order valence-corrected chi connectivity index (χ3v) is 13.2. The largest absolute Gasteiger partial charge is 0.489 e. The van der Waals surface area contributed by atoms with Crippen LogP contribution < -0.4 is 24.8 Å². The number of anilines is 1. The number of hydrogen-bond donors (Lipinski definition) is 2. The first-order valence-electron chi connectivity index (χ1n) is 21.9. The lowest BCUT2D eigenvalue weighted by molar-refractivity contribution is -0.145. The molecule has 17 heteroatoms. The van der Waals surface area contributed by atoms with E-state index in [0.717, 1.165) is 50.3 Å². The second kappa shape index (κ2) is 20.6. The average molecular weight is 989 g/mol. The molecule has 3 heterocycles. The minimum absolute atomic E-state index is 0.00963. The lowest BCUT2D eigenvalue weighted by atomic mass is 9.91. The highest BCUT2D eigenvalue weighted by Crippen LogP contribution is 2.42. The number of nitrogens with zero attached hydrogens (tertiary/aromatic N) is 3. The number of hydrogen-bond acceptors (Lipinski definition) is 12. The molecule has 0 spiro atoms. The molecule has 1 aromatic heterocycles. The predicted molar refractivity (Wildman–Crippen MR) is 261 cm³/mol. The topological polar surface area (TPSA) is 178 Å². The average Bonchev–Trinajstić information content (AvgIpc) is 3.70. The summed E-state index contributed by atoms with van der Waals surface area (Å²) in [6, 6.07) is 31.2. The van der Waals surface area contributed by atoms with Gasteiger partial charge in [0.2, 0.25) is 5.91 Å². The Labute approximate surface area is 413 Å². The SMILES string of the molecule is COC(=O)C(Cc1ccc(-c2ccc(C#N)cc2)cc1)NC(=O)[C@@H]1Cc2cc3c(cc2CN1C(=O)c1sc(NC(=O)OC(C)(C)C)nc1C)O[C@@H](c1ccc(OCc2ccc(Cl)c(Cl)c2)cc1)CO3. The number of ether oxygens (including phenoxy) is 5. The molecule has 6 aromatic rings. The van der Waals surface area contributed by atoms with E-state index in [0.29, 0.717) is 45.2 Å². The smallest absolute Gasteiger partial charge is 0.413 e. The zero-order valence-electron chi connectivity index (χ0n) is 38.3. The summed E-state index contributed by atoms with van der Waals surface area (Å²) in [7, 11) is 1.25. The van der Waals surface area contributed by atoms with Gasteiger partial charge in [-0.25, -0.2) is 14.6 Å². The Bertz CT molecular complexity index is 2950. The molecule has 0 saturated heterocycles. The fourth-order valence-electron chi connectivity index (χ4n) is 7.92. The number of nitrogens with one attached hydrogen (secondary N) is 2. The van der Waals surface area contributed by atoms with Crippen LogP contribution in [0.25, 0.3) is 11.1 Å². The first kappa shape index (κ1) is 48.3. The van der Waals surface area contributed by atoms with Crippen LogP contribution in [0.1, 0.15) is 75.6 Å². The van der Waals surface area contributed by atoms with E-state index in [2.05, 4.69) is 21.7 Å². The molecule has 0 saturated carbocycles. The Morgan fingerprint density at radius 1 is 0.899 bits per heavy atom. The molecule has 5 aromatic carbocycles. The summed E-state index contributed by atoms with van der Waals surface area (Å²) in [6.07, 6.45) is -1.01. The van der Waals surface area contributed by atoms with Crippen molar-refractivity contribution in [2.24, 2.45) is 0 Å². The van der Waals surface area contributed by atoms with Gasteiger partial charge in [-0.1, -0.05) is 89.1 Å². The maximum Gasteiger partial charge on any atom is 0.413 e. The first-order chi connectivity index (χ1) is 33.0. The van der Waals surface area contributed by atoms with Crippen molar-refractivity contribution in [3.63, 3.8) is 0 Å². The fraction of sp³-hybridized carbons (Fsp3) is 0.269. The van der Waals surface area contributed by atoms with Crippen molar-refractivity contribution in [3.8, 4) is 34.4 Å². The van der Waals surface area contributed by atoms with Gasteiger partial charge in [-0.05, 0) is 115 Å². The van der Waals surface area contributed by atoms with Gasteiger partial charge in [-0.3, -0.25) is 14.9 Å². The lowest BCUT2D eigenvalue weighted by Gasteiger charge is -2.37. The number of fused-ring (bicyclic) bond motifs is 2. The molecule has 0 fully saturated rings. The Balaban J connectivity index is 1.03. The van der Waals surface area contributed by atoms with Crippen molar-refractivity contribution in [1.29, 1.82) is 5.26 Å². The minimum Gasteiger partial charge on any atom is -0.489 e. The van der Waals surface area contributed by atoms with E-state index < -0.39 is 47.7 Å². The van der Waals surface area contributed by atoms with Crippen LogP contribution in [0.4, 0.5) is 9.93 Å². The van der Waals surface area contributed by atoms with Gasteiger partial charge >= 0.3 is 12.1 Å². The van der Waals surface area contributed by atoms with Crippen molar-refractivity contribution in [3.05, 3.63) is 157 Å². The maximum absolute atomic E-state index is 14.7. The number of carbonyl (C=O) groups is 4. The molecule has 2 aliphatic rings. The van der Waals surface area contributed by atoms with Crippen LogP contribution in [-0.4, -0.2) is 65.2 Å². The Morgan fingerprint density at radius 2 is 1.58 bits per heavy atom. The summed E-state index contributed by atoms with van der Waals surface area (Å²) in [6.45, 7) is 7.35. The van der Waals surface area contributed by atoms with Gasteiger partial charge in [-0.15, -0.1) is 0 Å². The van der Waals surface area contributed by atoms with E-state index in [1.165, 1.54) is 12.0 Å². The third-order valence-electron chi connectivity index (χ3n) is 11.4. The molecule has 14 nitrogen and oxygen atoms in total. The Kier molecular flexibility index (Phi) is 14.4. The van der Waals surface area contributed by atoms with Crippen LogP contribution in [0.15, 0.2) is 103 Å². The zero-order chi connectivity index (χ0) is 49.0. The van der Waals surface area contributed by atoms with Crippen molar-refractivity contribution in [1.82, 2.24) is 15.2 Å². The van der Waals surface area contributed by atoms with Gasteiger partial charge in [0, 0.05) is 19.4 Å². The van der Waals surface area contributed by atoms with E-state index in [1.807, 2.05) is 78.9 Å². The van der Waals surface area contributed by atoms with E-state index in [9.17, 15) is 24.4 Å². The van der Waals surface area contributed by atoms with Crippen LogP contribution in [-0.2, 0) is 45.1 Å². The number of aromatic nitrogens is 1. The quantitative estimate of drug-likeness (QED) is 0.112. The summed E-state index contributed by atoms with van der Waals surface area (Å²) >= 11 is 13.2. The highest BCUT2D eigenvalue weighted by Gasteiger charge is 2.39. The summed E-state index contributed by atoms with van der Waals surface area (Å²) in [5.41, 5.74) is 5.90. The van der Waals surface area contributed by atoms with Crippen molar-refractivity contribution >= 4 is 63.5 Å². The number of methoxy groups -OCH3 is 1. The van der Waals surface area contributed by atoms with Gasteiger partial charge < -0.3 is 33.9 Å². The number of nitriles is 1. The van der Waals surface area contributed by atoms with Gasteiger partial charge in [0.15, 0.2) is 22.7 Å². The van der Waals surface area contributed by atoms with Crippen LogP contribution in [0.2, 0.25) is 10.0 Å². The standard InChI is InChI=1S/C52H47Cl2N5O9S/c1-29-46(69-50(56-29)58-51(63)68-52(2,3)4)48(61)59-26-37-24-44-43(66-28-45(67-44)35-15-17-38(18-16-35)65-27-32-10-19-39(53)40(54)20-32)23-36(37)22-42(59)47(60)57-41(49(62)64-5)21-30-6-11-33(12-7-30)34-13-8-31(25-55)9-14-34/h6-20,23-24,41-42,45H,21-22,26-28H2,1-5H3,(H,57,60)(H,56,58,63)/t41?,42-,45+/m0/s1. The van der Waals surface area contributed by atoms with Gasteiger partial charge in [0.1, 0.15) is 41.5 Å². The monoisotopic (exact) mass is 987 g/mol. The summed E-state index contributed by atoms with van der Waals surface area (Å²) in [4.78, 5) is 61.4. The van der Waals surface area contributed by atoms with Gasteiger partial charge in [0.25, 0.3) is 5.91 Å². The lowest BCUT2D eigenvalue weighted by Crippen LogP contribution is -2.56. The summed E-state index contributed by atoms with van der Waals surface area (Å²) in [5.74, 6) is -0.143. The Morgan fingerprint density at radius 3 is 2.25 bits per heavy atom. The van der Waals surface area contributed by atoms with E-state index in [4.69, 9.17) is 46.9 Å². The molecule has 69 heavy (non-hydrogen) atoms. The van der Waals surface area contributed by atoms with E-state index in [1.54, 1.807) is 52.0 Å². The highest BCUT2D eigenvalue weighted by atomic mass is 35.5. The van der Waals surface area contributed by atoms with Crippen LogP contribution in [0.5, 0.6) is 17.2 Å². The number of halogens is 2. The summed E-state index contributed by atoms with van der Waals surface area (Å²) < 4.78 is 29.3. The highest BCUT2D eigenvalue weighted by molar-refractivity contribution is 7.17. The molecule has 0 bridgehead atoms. The molecule has 3 atom stereocenters. The van der Waals surface area contributed by atoms with Crippen molar-refractivity contribution < 1.29 is 42.9 Å². The fourth-order valence-corrected chi connectivity index (χ4v) is 9.15. The molecule has 3 amide bonds. The molecule has 0 aliphatic carbocycles. The minimum atomic E-state index is -1.10. The number of carbonyl (C=O) groups excluding carboxylic acids is 4. The number of amides is 3. The number of rotatable bonds is 12. The molecule has 2 aliphatic heterocycles. The second-order valence-corrected chi connectivity index (χ2v) is 19.3. The molecule has 354 valence electrons. The molecule has 8 rings (SSSR count). The van der Waals surface area contributed by atoms with Crippen LogP contribution in [0.3, 0.4) is 0 Å². The van der Waals surface area contributed by atoms with E-state index >= 15 is 0 Å². The number of benzene rings is 5. The third kappa shape index (κ3) is 11.6. The second-order valence-electron chi connectivity index (χ2n) is 17.5. The van der Waals surface area contributed by atoms with Crippen molar-refractivity contribution in [2.75, 3.05) is 19.0 Å². The molecular weight excluding hydrogens is 942 g/mol. The van der Waals surface area contributed by atoms with Crippen molar-refractivity contribution in [2.45, 2.75) is 77.5 Å². The first-order valence-corrected chi connectivity index (χ1v) is 23.5. The number of aryl methyl sites for hydroxylation is 1. The van der Waals surface area contributed by atoms with E-state index in [-0.39, 0.29) is 36.0 Å². The molecule has 2 N–H and O–H groups in total. The van der Waals surface area contributed by atoms with Gasteiger partial charge in [0.05, 0.1) is 34.5 Å². The zero-order valence-corrected chi connectivity index (χ0v) is 40.6. The molecule has 0 radical (unpaired) electrons. The van der Waals surface area contributed by atoms with Crippen LogP contribution >= 0.6 is 34.5 Å². The predicted octanol–water partition coefficient (Wildman–Crippen LogP) is 10.2. The van der Waals surface area contributed by atoms with Crippen LogP contribution in [0, 0.1) is 18.3 Å².